The Morgan fingerprint density at radius 2 is 2.07 bits per heavy atom. The van der Waals surface area contributed by atoms with Crippen LogP contribution in [-0.4, -0.2) is 68.5 Å². The molecule has 0 saturated carbocycles. The molecule has 0 bridgehead atoms. The number of nitrogens with one attached hydrogen (secondary N) is 2. The van der Waals surface area contributed by atoms with Crippen molar-refractivity contribution in [2.24, 2.45) is 0 Å². The number of benzene rings is 1. The summed E-state index contributed by atoms with van der Waals surface area (Å²) in [6.07, 6.45) is 3.00. The van der Waals surface area contributed by atoms with Gasteiger partial charge in [-0.1, -0.05) is 6.07 Å². The Bertz CT molecular complexity index is 652. The summed E-state index contributed by atoms with van der Waals surface area (Å²) in [6.45, 7) is 2.38. The van der Waals surface area contributed by atoms with Crippen molar-refractivity contribution < 1.29 is 23.5 Å². The molecule has 0 aliphatic carbocycles. The van der Waals surface area contributed by atoms with Gasteiger partial charge in [0.15, 0.2) is 0 Å². The first-order valence-electron chi connectivity index (χ1n) is 9.34. The molecule has 0 spiro atoms. The quantitative estimate of drug-likeness (QED) is 0.742. The summed E-state index contributed by atoms with van der Waals surface area (Å²) in [5.41, 5.74) is 0.320. The molecule has 1 aromatic rings. The summed E-state index contributed by atoms with van der Waals surface area (Å²) < 4.78 is 22.4. The maximum Gasteiger partial charge on any atom is 0.251 e. The third-order valence-corrected chi connectivity index (χ3v) is 5.02. The van der Waals surface area contributed by atoms with E-state index in [0.29, 0.717) is 11.6 Å². The highest BCUT2D eigenvalue weighted by molar-refractivity contribution is 5.96. The highest BCUT2D eigenvalue weighted by Gasteiger charge is 2.30. The number of halogens is 1. The van der Waals surface area contributed by atoms with E-state index in [-0.39, 0.29) is 24.2 Å². The number of nitrogens with zero attached hydrogens (tertiary/aromatic N) is 1. The number of ether oxygens (including phenoxy) is 2. The molecule has 0 unspecified atom stereocenters. The molecule has 2 aliphatic rings. The minimum absolute atomic E-state index is 0.0964. The second kappa shape index (κ2) is 9.66. The van der Waals surface area contributed by atoms with E-state index in [2.05, 4.69) is 15.5 Å². The molecule has 0 radical (unpaired) electrons. The average Bonchev–Trinajstić information content (AvgIpc) is 3.16. The summed E-state index contributed by atoms with van der Waals surface area (Å²) in [5.74, 6) is -0.336. The van der Waals surface area contributed by atoms with Crippen molar-refractivity contribution in [1.29, 1.82) is 0 Å². The Morgan fingerprint density at radius 1 is 1.26 bits per heavy atom. The lowest BCUT2D eigenvalue weighted by atomic mass is 10.1. The first-order valence-corrected chi connectivity index (χ1v) is 9.34. The second-order valence-electron chi connectivity index (χ2n) is 6.86. The zero-order chi connectivity index (χ0) is 19.1. The predicted molar refractivity (Wildman–Crippen MR) is 97.3 cm³/mol. The Morgan fingerprint density at radius 3 is 2.85 bits per heavy atom. The molecule has 2 fully saturated rings. The average molecular weight is 379 g/mol. The van der Waals surface area contributed by atoms with Crippen LogP contribution in [0.25, 0.3) is 0 Å². The molecule has 0 aromatic heterocycles. The number of amides is 2. The molecular formula is C19H26FN3O4. The largest absolute Gasteiger partial charge is 0.463 e. The van der Waals surface area contributed by atoms with Gasteiger partial charge in [-0.15, -0.1) is 0 Å². The molecule has 1 aromatic carbocycles. The van der Waals surface area contributed by atoms with Crippen LogP contribution in [0.3, 0.4) is 0 Å². The van der Waals surface area contributed by atoms with Crippen LogP contribution in [0.1, 0.15) is 29.6 Å². The van der Waals surface area contributed by atoms with E-state index in [1.807, 2.05) is 0 Å². The van der Waals surface area contributed by atoms with Crippen LogP contribution < -0.4 is 15.4 Å². The van der Waals surface area contributed by atoms with Gasteiger partial charge in [0.2, 0.25) is 12.8 Å². The number of alkyl halides is 1. The van der Waals surface area contributed by atoms with Crippen LogP contribution in [0.2, 0.25) is 0 Å². The SMILES string of the molecule is O=C(CNC(=O)c1cccc(OCF)c1)N[C@@H]1CCN(C2CCOCC2)C1. The van der Waals surface area contributed by atoms with Crippen LogP contribution in [0, 0.1) is 0 Å². The number of hydrogen-bond acceptors (Lipinski definition) is 5. The van der Waals surface area contributed by atoms with Crippen LogP contribution in [0.15, 0.2) is 24.3 Å². The highest BCUT2D eigenvalue weighted by Crippen LogP contribution is 2.20. The van der Waals surface area contributed by atoms with Gasteiger partial charge in [0.25, 0.3) is 5.91 Å². The minimum atomic E-state index is -0.959. The maximum atomic E-state index is 12.2. The van der Waals surface area contributed by atoms with Crippen molar-refractivity contribution in [2.45, 2.75) is 31.3 Å². The lowest BCUT2D eigenvalue weighted by Crippen LogP contribution is -2.44. The normalized spacial score (nSPS) is 21.0. The fourth-order valence-corrected chi connectivity index (χ4v) is 3.62. The van der Waals surface area contributed by atoms with Crippen molar-refractivity contribution >= 4 is 11.8 Å². The monoisotopic (exact) mass is 379 g/mol. The zero-order valence-electron chi connectivity index (χ0n) is 15.3. The molecule has 2 heterocycles. The number of likely N-dealkylation sites (tertiary alicyclic amines) is 1. The van der Waals surface area contributed by atoms with Gasteiger partial charge in [-0.2, -0.15) is 0 Å². The molecule has 2 amide bonds. The van der Waals surface area contributed by atoms with Crippen LogP contribution in [0.5, 0.6) is 5.75 Å². The summed E-state index contributed by atoms with van der Waals surface area (Å²) in [7, 11) is 0. The Kier molecular flexibility index (Phi) is 7.00. The fourth-order valence-electron chi connectivity index (χ4n) is 3.62. The number of carbonyl (C=O) groups excluding carboxylic acids is 2. The summed E-state index contributed by atoms with van der Waals surface area (Å²) >= 11 is 0. The van der Waals surface area contributed by atoms with Crippen molar-refractivity contribution in [2.75, 3.05) is 39.7 Å². The van der Waals surface area contributed by atoms with Gasteiger partial charge in [0, 0.05) is 44.0 Å². The molecule has 148 valence electrons. The maximum absolute atomic E-state index is 12.2. The molecule has 1 atom stereocenters. The Hall–Kier alpha value is -2.19. The van der Waals surface area contributed by atoms with E-state index in [4.69, 9.17) is 9.47 Å². The first kappa shape index (κ1) is 19.6. The van der Waals surface area contributed by atoms with Gasteiger partial charge in [-0.25, -0.2) is 4.39 Å². The number of carbonyl (C=O) groups is 2. The summed E-state index contributed by atoms with van der Waals surface area (Å²) in [5, 5.41) is 5.57. The molecule has 2 aliphatic heterocycles. The molecular weight excluding hydrogens is 353 g/mol. The van der Waals surface area contributed by atoms with Crippen molar-refractivity contribution in [3.63, 3.8) is 0 Å². The summed E-state index contributed by atoms with van der Waals surface area (Å²) in [4.78, 5) is 26.7. The van der Waals surface area contributed by atoms with Crippen molar-refractivity contribution in [3.8, 4) is 5.75 Å². The zero-order valence-corrected chi connectivity index (χ0v) is 15.3. The Labute approximate surface area is 158 Å². The second-order valence-corrected chi connectivity index (χ2v) is 6.86. The molecule has 2 N–H and O–H groups in total. The fraction of sp³-hybridized carbons (Fsp3) is 0.579. The van der Waals surface area contributed by atoms with Gasteiger partial charge < -0.3 is 20.1 Å². The topological polar surface area (TPSA) is 79.9 Å². The van der Waals surface area contributed by atoms with Crippen molar-refractivity contribution in [1.82, 2.24) is 15.5 Å². The minimum Gasteiger partial charge on any atom is -0.463 e. The third-order valence-electron chi connectivity index (χ3n) is 5.02. The lowest BCUT2D eigenvalue weighted by molar-refractivity contribution is -0.120. The molecule has 2 saturated heterocycles. The van der Waals surface area contributed by atoms with E-state index < -0.39 is 12.8 Å². The van der Waals surface area contributed by atoms with Gasteiger partial charge in [-0.3, -0.25) is 14.5 Å². The van der Waals surface area contributed by atoms with Gasteiger partial charge in [-0.05, 0) is 37.5 Å². The molecule has 8 heteroatoms. The lowest BCUT2D eigenvalue weighted by Gasteiger charge is -2.31. The van der Waals surface area contributed by atoms with E-state index in [1.54, 1.807) is 18.2 Å². The van der Waals surface area contributed by atoms with E-state index >= 15 is 0 Å². The van der Waals surface area contributed by atoms with Gasteiger partial charge >= 0.3 is 0 Å². The standard InChI is InChI=1S/C19H26FN3O4/c20-13-27-17-3-1-2-14(10-17)19(25)21-11-18(24)22-15-4-7-23(12-15)16-5-8-26-9-6-16/h1-3,10,15-16H,4-9,11-13H2,(H,21,25)(H,22,24)/t15-/m1/s1. The summed E-state index contributed by atoms with van der Waals surface area (Å²) in [6, 6.07) is 6.84. The van der Waals surface area contributed by atoms with Gasteiger partial charge in [0.1, 0.15) is 5.75 Å². The van der Waals surface area contributed by atoms with Crippen LogP contribution >= 0.6 is 0 Å². The van der Waals surface area contributed by atoms with Crippen LogP contribution in [0.4, 0.5) is 4.39 Å². The molecule has 7 nitrogen and oxygen atoms in total. The van der Waals surface area contributed by atoms with E-state index in [9.17, 15) is 14.0 Å². The number of rotatable bonds is 7. The van der Waals surface area contributed by atoms with Crippen LogP contribution in [-0.2, 0) is 9.53 Å². The third kappa shape index (κ3) is 5.64. The first-order chi connectivity index (χ1) is 13.2. The molecule has 27 heavy (non-hydrogen) atoms. The van der Waals surface area contributed by atoms with E-state index in [1.165, 1.54) is 6.07 Å². The number of hydrogen-bond donors (Lipinski definition) is 2. The van der Waals surface area contributed by atoms with Gasteiger partial charge in [0.05, 0.1) is 6.54 Å². The predicted octanol–water partition coefficient (Wildman–Crippen LogP) is 1.09. The Balaban J connectivity index is 1.40. The van der Waals surface area contributed by atoms with E-state index in [0.717, 1.165) is 45.6 Å². The smallest absolute Gasteiger partial charge is 0.251 e. The van der Waals surface area contributed by atoms with Crippen molar-refractivity contribution in [3.05, 3.63) is 29.8 Å². The highest BCUT2D eigenvalue weighted by atomic mass is 19.1. The molecule has 3 rings (SSSR count).